The number of benzene rings is 1. The van der Waals surface area contributed by atoms with Crippen LogP contribution in [0.15, 0.2) is 24.3 Å². The zero-order valence-electron chi connectivity index (χ0n) is 14.6. The standard InChI is InChI=1S/C18H23ClN4O3/c19-15-2-1-3-16(12-15)21-8-10-23(11-9-21)18(26)13-17(25)22-6-4-20(14-24)5-7-22/h1-3,12,14H,4-11,13H2. The van der Waals surface area contributed by atoms with Crippen LogP contribution in [0.1, 0.15) is 6.42 Å². The second kappa shape index (κ2) is 8.40. The molecule has 3 amide bonds. The first-order chi connectivity index (χ1) is 12.6. The summed E-state index contributed by atoms with van der Waals surface area (Å²) in [5, 5.41) is 0.696. The lowest BCUT2D eigenvalue weighted by Gasteiger charge is -2.37. The Morgan fingerprint density at radius 2 is 1.50 bits per heavy atom. The van der Waals surface area contributed by atoms with Crippen molar-refractivity contribution in [2.24, 2.45) is 0 Å². The van der Waals surface area contributed by atoms with Gasteiger partial charge in [-0.15, -0.1) is 0 Å². The second-order valence-electron chi connectivity index (χ2n) is 6.55. The Bertz CT molecular complexity index is 668. The van der Waals surface area contributed by atoms with Crippen molar-refractivity contribution in [2.75, 3.05) is 57.3 Å². The Labute approximate surface area is 158 Å². The molecular formula is C18H23ClN4O3. The molecule has 2 saturated heterocycles. The van der Waals surface area contributed by atoms with E-state index in [-0.39, 0.29) is 18.2 Å². The number of nitrogens with zero attached hydrogens (tertiary/aromatic N) is 4. The quantitative estimate of drug-likeness (QED) is 0.571. The molecule has 0 aliphatic carbocycles. The van der Waals surface area contributed by atoms with Gasteiger partial charge in [0.2, 0.25) is 18.2 Å². The summed E-state index contributed by atoms with van der Waals surface area (Å²) in [6.45, 7) is 4.68. The van der Waals surface area contributed by atoms with E-state index in [4.69, 9.17) is 11.6 Å². The van der Waals surface area contributed by atoms with Gasteiger partial charge >= 0.3 is 0 Å². The Hall–Kier alpha value is -2.28. The maximum atomic E-state index is 12.4. The predicted molar refractivity (Wildman–Crippen MR) is 99.1 cm³/mol. The Kier molecular flexibility index (Phi) is 5.98. The minimum absolute atomic E-state index is 0.0990. The highest BCUT2D eigenvalue weighted by atomic mass is 35.5. The summed E-state index contributed by atoms with van der Waals surface area (Å²) in [6, 6.07) is 7.68. The van der Waals surface area contributed by atoms with Gasteiger partial charge in [-0.2, -0.15) is 0 Å². The van der Waals surface area contributed by atoms with Gasteiger partial charge in [0.1, 0.15) is 6.42 Å². The molecule has 7 nitrogen and oxygen atoms in total. The van der Waals surface area contributed by atoms with E-state index < -0.39 is 0 Å². The molecule has 2 heterocycles. The number of hydrogen-bond acceptors (Lipinski definition) is 4. The fourth-order valence-corrected chi connectivity index (χ4v) is 3.50. The van der Waals surface area contributed by atoms with Crippen LogP contribution >= 0.6 is 11.6 Å². The zero-order chi connectivity index (χ0) is 18.5. The van der Waals surface area contributed by atoms with Crippen LogP contribution in [-0.4, -0.2) is 85.3 Å². The van der Waals surface area contributed by atoms with Crippen molar-refractivity contribution in [3.05, 3.63) is 29.3 Å². The van der Waals surface area contributed by atoms with Crippen LogP contribution < -0.4 is 4.90 Å². The van der Waals surface area contributed by atoms with Gasteiger partial charge < -0.3 is 19.6 Å². The van der Waals surface area contributed by atoms with Crippen molar-refractivity contribution in [1.82, 2.24) is 14.7 Å². The SMILES string of the molecule is O=CN1CCN(C(=O)CC(=O)N2CCN(c3cccc(Cl)c3)CC2)CC1. The van der Waals surface area contributed by atoms with Crippen LogP contribution in [0.3, 0.4) is 0 Å². The largest absolute Gasteiger partial charge is 0.368 e. The van der Waals surface area contributed by atoms with Crippen molar-refractivity contribution < 1.29 is 14.4 Å². The van der Waals surface area contributed by atoms with E-state index in [1.54, 1.807) is 14.7 Å². The van der Waals surface area contributed by atoms with Gasteiger partial charge in [0.15, 0.2) is 0 Å². The van der Waals surface area contributed by atoms with Crippen LogP contribution in [0.25, 0.3) is 0 Å². The molecular weight excluding hydrogens is 356 g/mol. The number of carbonyl (C=O) groups excluding carboxylic acids is 3. The molecule has 1 aromatic carbocycles. The molecule has 2 aliphatic heterocycles. The van der Waals surface area contributed by atoms with Gasteiger partial charge in [-0.25, -0.2) is 0 Å². The van der Waals surface area contributed by atoms with Gasteiger partial charge in [0, 0.05) is 63.1 Å². The Morgan fingerprint density at radius 1 is 0.923 bits per heavy atom. The zero-order valence-corrected chi connectivity index (χ0v) is 15.4. The van der Waals surface area contributed by atoms with Crippen molar-refractivity contribution in [3.63, 3.8) is 0 Å². The van der Waals surface area contributed by atoms with Crippen LogP contribution in [-0.2, 0) is 14.4 Å². The van der Waals surface area contributed by atoms with E-state index in [0.29, 0.717) is 44.3 Å². The molecule has 1 aromatic rings. The second-order valence-corrected chi connectivity index (χ2v) is 6.98. The molecule has 0 bridgehead atoms. The van der Waals surface area contributed by atoms with Gasteiger partial charge in [-0.1, -0.05) is 17.7 Å². The van der Waals surface area contributed by atoms with Gasteiger partial charge in [-0.05, 0) is 18.2 Å². The molecule has 0 aromatic heterocycles. The summed E-state index contributed by atoms with van der Waals surface area (Å²) >= 11 is 6.04. The molecule has 0 spiro atoms. The number of piperazine rings is 2. The third kappa shape index (κ3) is 4.46. The lowest BCUT2D eigenvalue weighted by Crippen LogP contribution is -2.51. The number of amides is 3. The topological polar surface area (TPSA) is 64.2 Å². The molecule has 0 N–H and O–H groups in total. The normalized spacial score (nSPS) is 18.0. The minimum atomic E-state index is -0.155. The average Bonchev–Trinajstić information content (AvgIpc) is 2.68. The number of hydrogen-bond donors (Lipinski definition) is 0. The Morgan fingerprint density at radius 3 is 2.04 bits per heavy atom. The van der Waals surface area contributed by atoms with E-state index >= 15 is 0 Å². The van der Waals surface area contributed by atoms with Crippen LogP contribution in [0.4, 0.5) is 5.69 Å². The lowest BCUT2D eigenvalue weighted by molar-refractivity contribution is -0.142. The summed E-state index contributed by atoms with van der Waals surface area (Å²) in [5.41, 5.74) is 1.05. The molecule has 0 atom stereocenters. The summed E-state index contributed by atoms with van der Waals surface area (Å²) < 4.78 is 0. The minimum Gasteiger partial charge on any atom is -0.368 e. The average molecular weight is 379 g/mol. The highest BCUT2D eigenvalue weighted by Gasteiger charge is 2.26. The number of halogens is 1. The summed E-state index contributed by atoms with van der Waals surface area (Å²) in [7, 11) is 0. The van der Waals surface area contributed by atoms with Gasteiger partial charge in [0.05, 0.1) is 0 Å². The molecule has 0 radical (unpaired) electrons. The first-order valence-electron chi connectivity index (χ1n) is 8.82. The Balaban J connectivity index is 1.46. The van der Waals surface area contributed by atoms with E-state index in [0.717, 1.165) is 25.2 Å². The van der Waals surface area contributed by atoms with E-state index in [1.807, 2.05) is 24.3 Å². The van der Waals surface area contributed by atoms with Crippen LogP contribution in [0.5, 0.6) is 0 Å². The maximum Gasteiger partial charge on any atom is 0.232 e. The number of anilines is 1. The number of carbonyl (C=O) groups is 3. The molecule has 140 valence electrons. The van der Waals surface area contributed by atoms with Crippen molar-refractivity contribution in [1.29, 1.82) is 0 Å². The van der Waals surface area contributed by atoms with E-state index in [2.05, 4.69) is 4.90 Å². The molecule has 0 saturated carbocycles. The van der Waals surface area contributed by atoms with Crippen molar-refractivity contribution >= 4 is 35.5 Å². The molecule has 3 rings (SSSR count). The first-order valence-corrected chi connectivity index (χ1v) is 9.20. The molecule has 2 fully saturated rings. The first kappa shape index (κ1) is 18.5. The highest BCUT2D eigenvalue weighted by Crippen LogP contribution is 2.21. The van der Waals surface area contributed by atoms with Crippen LogP contribution in [0.2, 0.25) is 5.02 Å². The summed E-state index contributed by atoms with van der Waals surface area (Å²) in [5.74, 6) is -0.281. The third-order valence-electron chi connectivity index (χ3n) is 4.92. The van der Waals surface area contributed by atoms with Crippen molar-refractivity contribution in [2.45, 2.75) is 6.42 Å². The summed E-state index contributed by atoms with van der Waals surface area (Å²) in [6.07, 6.45) is 0.699. The molecule has 2 aliphatic rings. The fourth-order valence-electron chi connectivity index (χ4n) is 3.32. The third-order valence-corrected chi connectivity index (χ3v) is 5.16. The van der Waals surface area contributed by atoms with E-state index in [9.17, 15) is 14.4 Å². The van der Waals surface area contributed by atoms with Crippen LogP contribution in [0, 0.1) is 0 Å². The smallest absolute Gasteiger partial charge is 0.232 e. The van der Waals surface area contributed by atoms with Gasteiger partial charge in [0.25, 0.3) is 0 Å². The lowest BCUT2D eigenvalue weighted by atomic mass is 10.2. The molecule has 8 heteroatoms. The highest BCUT2D eigenvalue weighted by molar-refractivity contribution is 6.30. The molecule has 26 heavy (non-hydrogen) atoms. The number of rotatable bonds is 4. The van der Waals surface area contributed by atoms with Gasteiger partial charge in [-0.3, -0.25) is 14.4 Å². The predicted octanol–water partition coefficient (Wildman–Crippen LogP) is 0.679. The molecule has 0 unspecified atom stereocenters. The van der Waals surface area contributed by atoms with E-state index in [1.165, 1.54) is 0 Å². The summed E-state index contributed by atoms with van der Waals surface area (Å²) in [4.78, 5) is 42.7. The monoisotopic (exact) mass is 378 g/mol. The fraction of sp³-hybridized carbons (Fsp3) is 0.500. The van der Waals surface area contributed by atoms with Crippen molar-refractivity contribution in [3.8, 4) is 0 Å². The maximum absolute atomic E-state index is 12.4.